The molecule has 0 spiro atoms. The van der Waals surface area contributed by atoms with E-state index in [4.69, 9.17) is 35.4 Å². The highest BCUT2D eigenvalue weighted by molar-refractivity contribution is 6.31. The number of esters is 1. The van der Waals surface area contributed by atoms with Gasteiger partial charge in [0.25, 0.3) is 0 Å². The molecule has 1 aliphatic rings. The van der Waals surface area contributed by atoms with Gasteiger partial charge in [0.1, 0.15) is 31.7 Å². The Balaban J connectivity index is 1.41. The topological polar surface area (TPSA) is 105 Å². The summed E-state index contributed by atoms with van der Waals surface area (Å²) in [7, 11) is 1.43. The number of hydrogen-bond donors (Lipinski definition) is 2. The van der Waals surface area contributed by atoms with Crippen molar-refractivity contribution in [3.63, 3.8) is 0 Å². The Morgan fingerprint density at radius 3 is 2.83 bits per heavy atom. The molecular formula is C25H32ClNO8. The van der Waals surface area contributed by atoms with Gasteiger partial charge in [0.2, 0.25) is 6.10 Å². The van der Waals surface area contributed by atoms with E-state index in [0.717, 1.165) is 11.1 Å². The summed E-state index contributed by atoms with van der Waals surface area (Å²) in [5, 5.41) is 14.1. The Kier molecular flexibility index (Phi) is 10.4. The van der Waals surface area contributed by atoms with E-state index in [1.54, 1.807) is 31.2 Å². The SMILES string of the molecule is CCOC(=O)[C@H]1COc2cc(C[C@@H](C)NC[C@H](O)COc3ccc(COOC)c(Cl)c3)ccc2O1. The zero-order valence-electron chi connectivity index (χ0n) is 20.1. The maximum absolute atomic E-state index is 11.9. The summed E-state index contributed by atoms with van der Waals surface area (Å²) >= 11 is 6.21. The van der Waals surface area contributed by atoms with Crippen molar-refractivity contribution >= 4 is 17.6 Å². The van der Waals surface area contributed by atoms with E-state index >= 15 is 0 Å². The second-order valence-corrected chi connectivity index (χ2v) is 8.52. The van der Waals surface area contributed by atoms with E-state index < -0.39 is 18.2 Å². The molecule has 0 saturated heterocycles. The Hall–Kier alpha value is -2.56. The van der Waals surface area contributed by atoms with Gasteiger partial charge in [-0.15, -0.1) is 0 Å². The normalized spacial score (nSPS) is 16.4. The number of carbonyl (C=O) groups excluding carboxylic acids is 1. The molecule has 1 heterocycles. The monoisotopic (exact) mass is 509 g/mol. The van der Waals surface area contributed by atoms with Crippen molar-refractivity contribution in [1.29, 1.82) is 0 Å². The van der Waals surface area contributed by atoms with Gasteiger partial charge in [-0.05, 0) is 55.7 Å². The summed E-state index contributed by atoms with van der Waals surface area (Å²) < 4.78 is 22.0. The average molecular weight is 510 g/mol. The average Bonchev–Trinajstić information content (AvgIpc) is 2.85. The van der Waals surface area contributed by atoms with Crippen LogP contribution in [0.3, 0.4) is 0 Å². The lowest BCUT2D eigenvalue weighted by atomic mass is 10.1. The number of halogens is 1. The minimum absolute atomic E-state index is 0.0917. The fourth-order valence-corrected chi connectivity index (χ4v) is 3.69. The van der Waals surface area contributed by atoms with Crippen LogP contribution in [0, 0.1) is 0 Å². The Labute approximate surface area is 210 Å². The van der Waals surface area contributed by atoms with Crippen LogP contribution in [0.25, 0.3) is 0 Å². The predicted molar refractivity (Wildman–Crippen MR) is 129 cm³/mol. The zero-order chi connectivity index (χ0) is 25.2. The molecule has 2 aromatic carbocycles. The van der Waals surface area contributed by atoms with Crippen molar-refractivity contribution in [2.45, 2.75) is 45.1 Å². The number of fused-ring (bicyclic) bond motifs is 1. The van der Waals surface area contributed by atoms with E-state index in [-0.39, 0.29) is 25.9 Å². The molecule has 9 nitrogen and oxygen atoms in total. The summed E-state index contributed by atoms with van der Waals surface area (Å²) in [6.07, 6.45) is -0.740. The van der Waals surface area contributed by atoms with Gasteiger partial charge in [-0.1, -0.05) is 23.7 Å². The van der Waals surface area contributed by atoms with Crippen LogP contribution in [0.4, 0.5) is 0 Å². The van der Waals surface area contributed by atoms with Crippen molar-refractivity contribution in [2.75, 3.05) is 33.5 Å². The van der Waals surface area contributed by atoms with E-state index in [0.29, 0.717) is 41.8 Å². The number of aliphatic hydroxyl groups excluding tert-OH is 1. The molecule has 0 fully saturated rings. The van der Waals surface area contributed by atoms with Crippen LogP contribution < -0.4 is 19.5 Å². The Bertz CT molecular complexity index is 972. The van der Waals surface area contributed by atoms with Gasteiger partial charge in [-0.2, -0.15) is 0 Å². The van der Waals surface area contributed by atoms with Crippen molar-refractivity contribution in [3.05, 3.63) is 52.5 Å². The molecule has 0 unspecified atom stereocenters. The molecule has 0 amide bonds. The molecule has 0 aromatic heterocycles. The molecule has 2 aromatic rings. The van der Waals surface area contributed by atoms with Crippen molar-refractivity contribution in [2.24, 2.45) is 0 Å². The van der Waals surface area contributed by atoms with E-state index in [1.165, 1.54) is 7.11 Å². The lowest BCUT2D eigenvalue weighted by Gasteiger charge is -2.25. The molecule has 3 atom stereocenters. The lowest BCUT2D eigenvalue weighted by Crippen LogP contribution is -2.38. The van der Waals surface area contributed by atoms with Crippen LogP contribution in [0.2, 0.25) is 5.02 Å². The van der Waals surface area contributed by atoms with Crippen LogP contribution in [0.5, 0.6) is 17.2 Å². The number of ether oxygens (including phenoxy) is 4. The summed E-state index contributed by atoms with van der Waals surface area (Å²) in [4.78, 5) is 21.3. The molecule has 3 rings (SSSR count). The molecule has 35 heavy (non-hydrogen) atoms. The highest BCUT2D eigenvalue weighted by Gasteiger charge is 2.28. The first kappa shape index (κ1) is 27.0. The van der Waals surface area contributed by atoms with Gasteiger partial charge in [-0.3, -0.25) is 0 Å². The van der Waals surface area contributed by atoms with Crippen molar-refractivity contribution in [3.8, 4) is 17.2 Å². The maximum atomic E-state index is 11.9. The van der Waals surface area contributed by atoms with Crippen LogP contribution in [-0.4, -0.2) is 62.8 Å². The third-order valence-electron chi connectivity index (χ3n) is 5.26. The van der Waals surface area contributed by atoms with Gasteiger partial charge < -0.3 is 29.4 Å². The van der Waals surface area contributed by atoms with E-state index in [1.807, 2.05) is 19.1 Å². The summed E-state index contributed by atoms with van der Waals surface area (Å²) in [5.41, 5.74) is 1.81. The third kappa shape index (κ3) is 8.26. The van der Waals surface area contributed by atoms with Gasteiger partial charge in [-0.25, -0.2) is 14.6 Å². The number of rotatable bonds is 13. The van der Waals surface area contributed by atoms with Crippen LogP contribution >= 0.6 is 11.6 Å². The number of aliphatic hydroxyl groups is 1. The second-order valence-electron chi connectivity index (χ2n) is 8.11. The van der Waals surface area contributed by atoms with Crippen LogP contribution in [-0.2, 0) is 32.3 Å². The quantitative estimate of drug-likeness (QED) is 0.239. The summed E-state index contributed by atoms with van der Waals surface area (Å²) in [6.45, 7) is 4.90. The molecule has 192 valence electrons. The Morgan fingerprint density at radius 2 is 2.09 bits per heavy atom. The number of benzene rings is 2. The Morgan fingerprint density at radius 1 is 1.26 bits per heavy atom. The largest absolute Gasteiger partial charge is 0.491 e. The van der Waals surface area contributed by atoms with E-state index in [9.17, 15) is 9.90 Å². The number of carbonyl (C=O) groups is 1. The van der Waals surface area contributed by atoms with Crippen LogP contribution in [0.15, 0.2) is 36.4 Å². The maximum Gasteiger partial charge on any atom is 0.350 e. The number of nitrogens with one attached hydrogen (secondary N) is 1. The third-order valence-corrected chi connectivity index (χ3v) is 5.61. The lowest BCUT2D eigenvalue weighted by molar-refractivity contribution is -0.282. The smallest absolute Gasteiger partial charge is 0.350 e. The van der Waals surface area contributed by atoms with Crippen LogP contribution in [0.1, 0.15) is 25.0 Å². The molecule has 1 aliphatic heterocycles. The highest BCUT2D eigenvalue weighted by Crippen LogP contribution is 2.33. The fourth-order valence-electron chi connectivity index (χ4n) is 3.47. The minimum atomic E-state index is -0.753. The summed E-state index contributed by atoms with van der Waals surface area (Å²) in [5.74, 6) is 1.25. The molecule has 0 aliphatic carbocycles. The fraction of sp³-hybridized carbons (Fsp3) is 0.480. The number of hydrogen-bond acceptors (Lipinski definition) is 9. The first-order valence-corrected chi connectivity index (χ1v) is 11.8. The minimum Gasteiger partial charge on any atom is -0.491 e. The van der Waals surface area contributed by atoms with Gasteiger partial charge >= 0.3 is 5.97 Å². The van der Waals surface area contributed by atoms with E-state index in [2.05, 4.69) is 10.2 Å². The predicted octanol–water partition coefficient (Wildman–Crippen LogP) is 3.08. The molecule has 10 heteroatoms. The standard InChI is InChI=1S/C25H32ClNO8/c1-4-31-25(29)24-15-33-23-10-17(5-8-22(23)35-24)9-16(2)27-12-19(28)14-32-20-7-6-18(13-34-30-3)21(26)11-20/h5-8,10-11,16,19,24,27-28H,4,9,12-15H2,1-3H3/t16-,19+,24-/m1/s1. The summed E-state index contributed by atoms with van der Waals surface area (Å²) in [6, 6.07) is 10.9. The van der Waals surface area contributed by atoms with Crippen molar-refractivity contribution < 1.29 is 38.6 Å². The molecule has 0 radical (unpaired) electrons. The van der Waals surface area contributed by atoms with Crippen molar-refractivity contribution in [1.82, 2.24) is 5.32 Å². The molecule has 0 saturated carbocycles. The molecule has 2 N–H and O–H groups in total. The molecular weight excluding hydrogens is 478 g/mol. The first-order chi connectivity index (χ1) is 16.9. The van der Waals surface area contributed by atoms with Gasteiger partial charge in [0.15, 0.2) is 11.5 Å². The van der Waals surface area contributed by atoms with Gasteiger partial charge in [0, 0.05) is 17.6 Å². The highest BCUT2D eigenvalue weighted by atomic mass is 35.5. The van der Waals surface area contributed by atoms with Gasteiger partial charge in [0.05, 0.1) is 13.7 Å². The molecule has 0 bridgehead atoms. The zero-order valence-corrected chi connectivity index (χ0v) is 20.9. The first-order valence-electron chi connectivity index (χ1n) is 11.5. The second kappa shape index (κ2) is 13.5.